The van der Waals surface area contributed by atoms with E-state index in [1.807, 2.05) is 6.92 Å². The molecule has 2 heterocycles. The maximum atomic E-state index is 13.0. The molecule has 12 heteroatoms. The smallest absolute Gasteiger partial charge is 0.296 e. The second-order valence-corrected chi connectivity index (χ2v) is 6.96. The number of hydrogen-bond acceptors (Lipinski definition) is 6. The number of aromatic nitrogens is 4. The van der Waals surface area contributed by atoms with Crippen molar-refractivity contribution in [3.63, 3.8) is 0 Å². The van der Waals surface area contributed by atoms with Crippen molar-refractivity contribution in [2.75, 3.05) is 5.32 Å². The molecule has 0 aliphatic rings. The molecule has 1 amide bonds. The number of nitrogens with one attached hydrogen (secondary N) is 1. The molecule has 0 bridgehead atoms. The number of carbonyl (C=O) groups excluding carboxylic acids is 1. The van der Waals surface area contributed by atoms with E-state index in [-0.39, 0.29) is 16.4 Å². The Kier molecular flexibility index (Phi) is 5.38. The monoisotopic (exact) mass is 425 g/mol. The van der Waals surface area contributed by atoms with Crippen molar-refractivity contribution in [1.29, 1.82) is 0 Å². The zero-order chi connectivity index (χ0) is 21.3. The van der Waals surface area contributed by atoms with Gasteiger partial charge in [0.25, 0.3) is 11.5 Å². The summed E-state index contributed by atoms with van der Waals surface area (Å²) in [5.41, 5.74) is -3.65. The van der Waals surface area contributed by atoms with E-state index in [2.05, 4.69) is 15.5 Å². The number of rotatable bonds is 4. The molecule has 2 aromatic heterocycles. The highest BCUT2D eigenvalue weighted by Crippen LogP contribution is 2.27. The van der Waals surface area contributed by atoms with Gasteiger partial charge in [-0.25, -0.2) is 9.36 Å². The van der Waals surface area contributed by atoms with Gasteiger partial charge in [-0.3, -0.25) is 19.5 Å². The molecule has 0 aliphatic carbocycles. The highest BCUT2D eigenvalue weighted by Gasteiger charge is 2.35. The molecule has 0 saturated heterocycles. The van der Waals surface area contributed by atoms with Crippen LogP contribution in [0, 0.1) is 0 Å². The predicted octanol–water partition coefficient (Wildman–Crippen LogP) is 2.22. The molecule has 3 rings (SSSR count). The number of alkyl halides is 3. The van der Waals surface area contributed by atoms with E-state index in [1.54, 1.807) is 0 Å². The molecule has 0 saturated carbocycles. The van der Waals surface area contributed by atoms with Crippen LogP contribution in [0.2, 0.25) is 0 Å². The zero-order valence-corrected chi connectivity index (χ0v) is 16.0. The Morgan fingerprint density at radius 1 is 1.21 bits per heavy atom. The Labute approximate surface area is 165 Å². The molecule has 1 aromatic carbocycles. The van der Waals surface area contributed by atoms with Crippen molar-refractivity contribution in [2.45, 2.75) is 19.5 Å². The number of hydrogen-bond donors (Lipinski definition) is 1. The molecule has 8 nitrogen and oxygen atoms in total. The maximum Gasteiger partial charge on any atom is 0.431 e. The van der Waals surface area contributed by atoms with Crippen molar-refractivity contribution < 1.29 is 18.0 Å². The second-order valence-electron chi connectivity index (χ2n) is 5.90. The van der Waals surface area contributed by atoms with Gasteiger partial charge in [0, 0.05) is 18.7 Å². The van der Waals surface area contributed by atoms with Gasteiger partial charge in [0.05, 0.1) is 5.69 Å². The van der Waals surface area contributed by atoms with Gasteiger partial charge in [-0.2, -0.15) is 13.2 Å². The molecule has 0 fully saturated rings. The van der Waals surface area contributed by atoms with E-state index in [0.717, 1.165) is 12.1 Å². The third kappa shape index (κ3) is 4.11. The molecule has 29 heavy (non-hydrogen) atoms. The highest BCUT2D eigenvalue weighted by molar-refractivity contribution is 7.15. The molecule has 0 spiro atoms. The fourth-order valence-corrected chi connectivity index (χ4v) is 3.21. The van der Waals surface area contributed by atoms with Crippen molar-refractivity contribution in [2.24, 2.45) is 7.05 Å². The molecular weight excluding hydrogens is 411 g/mol. The average molecular weight is 425 g/mol. The molecule has 0 aliphatic heterocycles. The van der Waals surface area contributed by atoms with Crippen LogP contribution in [-0.4, -0.2) is 25.2 Å². The van der Waals surface area contributed by atoms with Gasteiger partial charge in [-0.05, 0) is 24.6 Å². The predicted molar refractivity (Wildman–Crippen MR) is 99.5 cm³/mol. The summed E-state index contributed by atoms with van der Waals surface area (Å²) in [6.07, 6.45) is -4.20. The fraction of sp³-hybridized carbons (Fsp3) is 0.235. The van der Waals surface area contributed by atoms with E-state index in [9.17, 15) is 27.6 Å². The van der Waals surface area contributed by atoms with Gasteiger partial charge in [0.2, 0.25) is 5.13 Å². The second kappa shape index (κ2) is 7.62. The minimum absolute atomic E-state index is 0.0384. The first-order chi connectivity index (χ1) is 13.6. The van der Waals surface area contributed by atoms with Crippen LogP contribution in [0.4, 0.5) is 18.3 Å². The van der Waals surface area contributed by atoms with E-state index >= 15 is 0 Å². The lowest BCUT2D eigenvalue weighted by Gasteiger charge is -2.14. The van der Waals surface area contributed by atoms with Crippen LogP contribution in [-0.2, 0) is 19.6 Å². The number of halogens is 3. The lowest BCUT2D eigenvalue weighted by molar-refractivity contribution is -0.144. The molecule has 152 valence electrons. The van der Waals surface area contributed by atoms with Gasteiger partial charge >= 0.3 is 11.9 Å². The van der Waals surface area contributed by atoms with Crippen LogP contribution in [0.25, 0.3) is 5.69 Å². The standard InChI is InChI=1S/C17H14F3N5O3S/c1-3-12-22-23-15(29-12)21-14(27)9-5-4-6-10(7-9)25-13(26)8-11(17(18,19)20)24(2)16(25)28/h4-8H,3H2,1-2H3,(H,21,23,27). The topological polar surface area (TPSA) is 98.9 Å². The molecular formula is C17H14F3N5O3S. The summed E-state index contributed by atoms with van der Waals surface area (Å²) in [4.78, 5) is 37.0. The number of anilines is 1. The van der Waals surface area contributed by atoms with Crippen LogP contribution < -0.4 is 16.6 Å². The van der Waals surface area contributed by atoms with Gasteiger partial charge in [-0.1, -0.05) is 24.3 Å². The first-order valence-electron chi connectivity index (χ1n) is 8.26. The molecule has 1 N–H and O–H groups in total. The Morgan fingerprint density at radius 3 is 2.55 bits per heavy atom. The van der Waals surface area contributed by atoms with Crippen molar-refractivity contribution in [1.82, 2.24) is 19.3 Å². The summed E-state index contributed by atoms with van der Waals surface area (Å²) in [5.74, 6) is -0.567. The highest BCUT2D eigenvalue weighted by atomic mass is 32.1. The number of nitrogens with zero attached hydrogens (tertiary/aromatic N) is 4. The van der Waals surface area contributed by atoms with Gasteiger partial charge < -0.3 is 0 Å². The summed E-state index contributed by atoms with van der Waals surface area (Å²) < 4.78 is 39.8. The lowest BCUT2D eigenvalue weighted by Crippen LogP contribution is -2.40. The Hall–Kier alpha value is -3.28. The van der Waals surface area contributed by atoms with E-state index < -0.39 is 29.0 Å². The SMILES string of the molecule is CCc1nnc(NC(=O)c2cccc(-n3c(=O)cc(C(F)(F)F)n(C)c3=O)c2)s1. The largest absolute Gasteiger partial charge is 0.431 e. The summed E-state index contributed by atoms with van der Waals surface area (Å²) >= 11 is 1.20. The average Bonchev–Trinajstić information content (AvgIpc) is 3.11. The normalized spacial score (nSPS) is 11.5. The van der Waals surface area contributed by atoms with Gasteiger partial charge in [-0.15, -0.1) is 10.2 Å². The van der Waals surface area contributed by atoms with Crippen LogP contribution in [0.3, 0.4) is 0 Å². The van der Waals surface area contributed by atoms with Crippen molar-refractivity contribution in [3.05, 3.63) is 67.4 Å². The number of aryl methyl sites for hydroxylation is 1. The van der Waals surface area contributed by atoms with Gasteiger partial charge in [0.1, 0.15) is 10.7 Å². The minimum Gasteiger partial charge on any atom is -0.296 e. The number of benzene rings is 1. The summed E-state index contributed by atoms with van der Waals surface area (Å²) in [6.45, 7) is 1.89. The fourth-order valence-electron chi connectivity index (χ4n) is 2.54. The van der Waals surface area contributed by atoms with Crippen LogP contribution in [0.1, 0.15) is 28.0 Å². The van der Waals surface area contributed by atoms with Crippen LogP contribution in [0.5, 0.6) is 0 Å². The maximum absolute atomic E-state index is 13.0. The quantitative estimate of drug-likeness (QED) is 0.691. The van der Waals surface area contributed by atoms with Crippen molar-refractivity contribution >= 4 is 22.4 Å². The Balaban J connectivity index is 2.00. The first kappa shape index (κ1) is 20.5. The molecule has 0 unspecified atom stereocenters. The molecule has 0 atom stereocenters. The number of amides is 1. The summed E-state index contributed by atoms with van der Waals surface area (Å²) in [6, 6.07) is 5.74. The van der Waals surface area contributed by atoms with Crippen LogP contribution in [0.15, 0.2) is 39.9 Å². The minimum atomic E-state index is -4.85. The Bertz CT molecular complexity index is 1200. The van der Waals surface area contributed by atoms with E-state index in [1.165, 1.54) is 35.6 Å². The Morgan fingerprint density at radius 2 is 1.93 bits per heavy atom. The summed E-state index contributed by atoms with van der Waals surface area (Å²) in [7, 11) is 0.915. The van der Waals surface area contributed by atoms with Crippen LogP contribution >= 0.6 is 11.3 Å². The molecule has 3 aromatic rings. The van der Waals surface area contributed by atoms with E-state index in [4.69, 9.17) is 0 Å². The van der Waals surface area contributed by atoms with Gasteiger partial charge in [0.15, 0.2) is 0 Å². The van der Waals surface area contributed by atoms with E-state index in [0.29, 0.717) is 21.6 Å². The zero-order valence-electron chi connectivity index (χ0n) is 15.1. The third-order valence-corrected chi connectivity index (χ3v) is 4.95. The summed E-state index contributed by atoms with van der Waals surface area (Å²) in [5, 5.41) is 11.3. The third-order valence-electron chi connectivity index (χ3n) is 3.97. The molecule has 0 radical (unpaired) electrons. The number of carbonyl (C=O) groups is 1. The van der Waals surface area contributed by atoms with Crippen molar-refractivity contribution in [3.8, 4) is 5.69 Å². The lowest BCUT2D eigenvalue weighted by atomic mass is 10.2. The first-order valence-corrected chi connectivity index (χ1v) is 9.08.